The third-order valence-corrected chi connectivity index (χ3v) is 5.95. The van der Waals surface area contributed by atoms with Crippen LogP contribution in [0, 0.1) is 10.1 Å². The summed E-state index contributed by atoms with van der Waals surface area (Å²) in [5.41, 5.74) is 2.30. The van der Waals surface area contributed by atoms with Crippen molar-refractivity contribution < 1.29 is 9.72 Å². The number of fused-ring (bicyclic) bond motifs is 3. The number of benzene rings is 1. The van der Waals surface area contributed by atoms with Crippen LogP contribution in [0.15, 0.2) is 24.3 Å². The number of amides is 1. The van der Waals surface area contributed by atoms with Gasteiger partial charge in [0, 0.05) is 24.0 Å². The highest BCUT2D eigenvalue weighted by Gasteiger charge is 2.34. The second-order valence-corrected chi connectivity index (χ2v) is 7.30. The van der Waals surface area contributed by atoms with Gasteiger partial charge >= 0.3 is 0 Å². The van der Waals surface area contributed by atoms with E-state index in [0.717, 1.165) is 36.6 Å². The molecule has 130 valence electrons. The summed E-state index contributed by atoms with van der Waals surface area (Å²) < 4.78 is 0. The molecule has 0 aliphatic carbocycles. The predicted octanol–water partition coefficient (Wildman–Crippen LogP) is 2.89. The number of nitrogens with one attached hydrogen (secondary N) is 2. The number of anilines is 1. The number of hydrogen-bond donors (Lipinski definition) is 2. The van der Waals surface area contributed by atoms with E-state index in [1.165, 1.54) is 10.9 Å². The van der Waals surface area contributed by atoms with Crippen molar-refractivity contribution in [3.05, 3.63) is 55.9 Å². The largest absolute Gasteiger partial charge is 0.352 e. The molecule has 4 rings (SSSR count). The van der Waals surface area contributed by atoms with Crippen LogP contribution in [0.25, 0.3) is 0 Å². The quantitative estimate of drug-likeness (QED) is 0.651. The Kier molecular flexibility index (Phi) is 3.93. The van der Waals surface area contributed by atoms with Gasteiger partial charge in [-0.05, 0) is 24.6 Å². The number of nitro benzene ring substituents is 1. The number of para-hydroxylation sites is 1. The maximum atomic E-state index is 12.7. The molecule has 0 unspecified atom stereocenters. The fourth-order valence-corrected chi connectivity index (χ4v) is 4.81. The van der Waals surface area contributed by atoms with Gasteiger partial charge in [-0.1, -0.05) is 19.1 Å². The van der Waals surface area contributed by atoms with E-state index in [2.05, 4.69) is 22.5 Å². The zero-order chi connectivity index (χ0) is 17.6. The smallest absolute Gasteiger partial charge is 0.276 e. The molecule has 3 heterocycles. The van der Waals surface area contributed by atoms with Gasteiger partial charge in [-0.25, -0.2) is 0 Å². The minimum Gasteiger partial charge on any atom is -0.352 e. The molecule has 0 bridgehead atoms. The maximum Gasteiger partial charge on any atom is 0.276 e. The molecule has 7 nitrogen and oxygen atoms in total. The van der Waals surface area contributed by atoms with Crippen molar-refractivity contribution in [2.24, 2.45) is 0 Å². The van der Waals surface area contributed by atoms with Gasteiger partial charge in [0.05, 0.1) is 16.1 Å². The van der Waals surface area contributed by atoms with Crippen LogP contribution in [0.1, 0.15) is 39.5 Å². The van der Waals surface area contributed by atoms with Crippen LogP contribution in [-0.2, 0) is 13.0 Å². The topological polar surface area (TPSA) is 87.5 Å². The van der Waals surface area contributed by atoms with E-state index in [9.17, 15) is 14.9 Å². The number of hydrogen-bond acceptors (Lipinski definition) is 6. The van der Waals surface area contributed by atoms with Crippen molar-refractivity contribution in [3.63, 3.8) is 0 Å². The van der Waals surface area contributed by atoms with Crippen LogP contribution < -0.4 is 10.6 Å². The molecule has 0 saturated carbocycles. The molecular weight excluding hydrogens is 340 g/mol. The van der Waals surface area contributed by atoms with Gasteiger partial charge in [-0.3, -0.25) is 19.8 Å². The van der Waals surface area contributed by atoms with Crippen molar-refractivity contribution in [2.75, 3.05) is 18.4 Å². The molecule has 0 spiro atoms. The molecular formula is C17H18N4O3S. The lowest BCUT2D eigenvalue weighted by Gasteiger charge is -2.27. The molecule has 0 fully saturated rings. The Bertz CT molecular complexity index is 864. The first-order valence-electron chi connectivity index (χ1n) is 8.26. The number of carbonyl (C=O) groups is 1. The molecule has 1 amide bonds. The number of carbonyl (C=O) groups excluding carboxylic acids is 1. The van der Waals surface area contributed by atoms with Gasteiger partial charge in [-0.15, -0.1) is 11.3 Å². The molecule has 2 aliphatic rings. The van der Waals surface area contributed by atoms with E-state index in [1.807, 2.05) is 0 Å². The molecule has 2 aromatic rings. The van der Waals surface area contributed by atoms with E-state index in [4.69, 9.17) is 0 Å². The van der Waals surface area contributed by atoms with Crippen molar-refractivity contribution >= 4 is 27.9 Å². The Morgan fingerprint density at radius 3 is 2.92 bits per heavy atom. The minimum atomic E-state index is -0.594. The molecule has 1 aromatic carbocycles. The summed E-state index contributed by atoms with van der Waals surface area (Å²) in [5, 5.41) is 18.3. The van der Waals surface area contributed by atoms with Crippen LogP contribution in [0.5, 0.6) is 0 Å². The zero-order valence-electron chi connectivity index (χ0n) is 13.7. The fourth-order valence-electron chi connectivity index (χ4n) is 3.49. The summed E-state index contributed by atoms with van der Waals surface area (Å²) in [6.07, 6.45) is 0.268. The molecule has 0 saturated heterocycles. The summed E-state index contributed by atoms with van der Waals surface area (Å²) in [6, 6.07) is 6.50. The third-order valence-electron chi connectivity index (χ3n) is 4.81. The lowest BCUT2D eigenvalue weighted by Crippen LogP contribution is -2.39. The second kappa shape index (κ2) is 6.12. The van der Waals surface area contributed by atoms with Gasteiger partial charge in [0.2, 0.25) is 0 Å². The highest BCUT2D eigenvalue weighted by atomic mass is 32.1. The molecule has 25 heavy (non-hydrogen) atoms. The summed E-state index contributed by atoms with van der Waals surface area (Å²) in [5.74, 6) is -0.153. The molecule has 2 aliphatic heterocycles. The van der Waals surface area contributed by atoms with Crippen LogP contribution in [0.2, 0.25) is 0 Å². The zero-order valence-corrected chi connectivity index (χ0v) is 14.6. The Balaban J connectivity index is 1.70. The molecule has 1 atom stereocenters. The SMILES string of the molecule is CCN1CCc2c(sc3c2C(=O)N[C@@H](c2ccccc2[N+](=O)[O-])N3)C1. The van der Waals surface area contributed by atoms with Gasteiger partial charge in [-0.2, -0.15) is 0 Å². The first-order valence-corrected chi connectivity index (χ1v) is 9.07. The maximum absolute atomic E-state index is 12.7. The van der Waals surface area contributed by atoms with Crippen molar-refractivity contribution in [2.45, 2.75) is 26.1 Å². The number of nitrogens with zero attached hydrogens (tertiary/aromatic N) is 2. The van der Waals surface area contributed by atoms with Crippen molar-refractivity contribution in [1.82, 2.24) is 10.2 Å². The average molecular weight is 358 g/mol. The Hall–Kier alpha value is -2.45. The lowest BCUT2D eigenvalue weighted by molar-refractivity contribution is -0.385. The number of thiophene rings is 1. The highest BCUT2D eigenvalue weighted by molar-refractivity contribution is 7.16. The molecule has 2 N–H and O–H groups in total. The summed E-state index contributed by atoms with van der Waals surface area (Å²) in [7, 11) is 0. The molecule has 8 heteroatoms. The monoisotopic (exact) mass is 358 g/mol. The van der Waals surface area contributed by atoms with Crippen molar-refractivity contribution in [1.29, 1.82) is 0 Å². The summed E-state index contributed by atoms with van der Waals surface area (Å²) >= 11 is 1.59. The van der Waals surface area contributed by atoms with Crippen LogP contribution in [0.3, 0.4) is 0 Å². The Morgan fingerprint density at radius 2 is 2.16 bits per heavy atom. The minimum absolute atomic E-state index is 0.00206. The molecule has 1 aromatic heterocycles. The normalized spacial score (nSPS) is 19.6. The van der Waals surface area contributed by atoms with Gasteiger partial charge in [0.25, 0.3) is 11.6 Å². The Morgan fingerprint density at radius 1 is 1.36 bits per heavy atom. The first-order chi connectivity index (χ1) is 12.1. The van der Waals surface area contributed by atoms with Gasteiger partial charge in [0.1, 0.15) is 11.2 Å². The predicted molar refractivity (Wildman–Crippen MR) is 95.9 cm³/mol. The van der Waals surface area contributed by atoms with E-state index < -0.39 is 11.1 Å². The van der Waals surface area contributed by atoms with E-state index in [1.54, 1.807) is 29.5 Å². The Labute approximate surface area is 148 Å². The summed E-state index contributed by atoms with van der Waals surface area (Å²) in [4.78, 5) is 27.1. The van der Waals surface area contributed by atoms with E-state index in [0.29, 0.717) is 11.1 Å². The van der Waals surface area contributed by atoms with E-state index >= 15 is 0 Å². The summed E-state index contributed by atoms with van der Waals surface area (Å²) in [6.45, 7) is 4.93. The number of nitro groups is 1. The second-order valence-electron chi connectivity index (χ2n) is 6.19. The fraction of sp³-hybridized carbons (Fsp3) is 0.353. The average Bonchev–Trinajstić information content (AvgIpc) is 2.99. The van der Waals surface area contributed by atoms with Crippen LogP contribution in [0.4, 0.5) is 10.7 Å². The standard InChI is InChI=1S/C17H18N4O3S/c1-2-20-8-7-11-13(9-20)25-17-14(11)16(22)18-15(19-17)10-5-3-4-6-12(10)21(23)24/h3-6,15,19H,2,7-9H2,1H3,(H,18,22)/t15-/m1/s1. The van der Waals surface area contributed by atoms with Crippen LogP contribution >= 0.6 is 11.3 Å². The third kappa shape index (κ3) is 2.67. The van der Waals surface area contributed by atoms with E-state index in [-0.39, 0.29) is 11.6 Å². The number of rotatable bonds is 3. The van der Waals surface area contributed by atoms with Gasteiger partial charge < -0.3 is 10.6 Å². The first kappa shape index (κ1) is 16.0. The molecule has 0 radical (unpaired) electrons. The van der Waals surface area contributed by atoms with Crippen molar-refractivity contribution in [3.8, 4) is 0 Å². The lowest BCUT2D eigenvalue weighted by atomic mass is 10.00. The number of likely N-dealkylation sites (N-methyl/N-ethyl adjacent to an activating group) is 1. The van der Waals surface area contributed by atoms with Gasteiger partial charge in [0.15, 0.2) is 0 Å². The highest BCUT2D eigenvalue weighted by Crippen LogP contribution is 2.41. The van der Waals surface area contributed by atoms with Crippen LogP contribution in [-0.4, -0.2) is 28.8 Å².